The molecule has 0 spiro atoms. The molecule has 0 N–H and O–H groups in total. The van der Waals surface area contributed by atoms with Gasteiger partial charge in [0.2, 0.25) is 0 Å². The van der Waals surface area contributed by atoms with E-state index in [0.29, 0.717) is 38.1 Å². The monoisotopic (exact) mass is 491 g/mol. The molecular formula is C21H21N3O3S4. The number of anilines is 1. The van der Waals surface area contributed by atoms with Gasteiger partial charge in [0.25, 0.3) is 11.5 Å². The molecule has 1 saturated heterocycles. The molecular weight excluding hydrogens is 471 g/mol. The van der Waals surface area contributed by atoms with Crippen molar-refractivity contribution in [3.8, 4) is 5.75 Å². The number of thioether (sulfide) groups is 2. The van der Waals surface area contributed by atoms with Gasteiger partial charge >= 0.3 is 0 Å². The van der Waals surface area contributed by atoms with Crippen LogP contribution in [0.5, 0.6) is 5.75 Å². The first kappa shape index (κ1) is 22.2. The second-order valence-corrected chi connectivity index (χ2v) is 10.3. The molecule has 0 bridgehead atoms. The van der Waals surface area contributed by atoms with Crippen molar-refractivity contribution in [2.75, 3.05) is 25.1 Å². The minimum absolute atomic E-state index is 0.123. The first-order valence-electron chi connectivity index (χ1n) is 9.71. The minimum atomic E-state index is -0.146. The lowest BCUT2D eigenvalue weighted by Gasteiger charge is -2.17. The molecule has 1 aromatic carbocycles. The predicted octanol–water partition coefficient (Wildman–Crippen LogP) is 2.79. The van der Waals surface area contributed by atoms with Crippen LogP contribution in [-0.2, 0) is 11.3 Å². The van der Waals surface area contributed by atoms with E-state index in [4.69, 9.17) is 17.0 Å². The Bertz CT molecular complexity index is 1280. The summed E-state index contributed by atoms with van der Waals surface area (Å²) in [5, 5.41) is 0.871. The van der Waals surface area contributed by atoms with E-state index in [2.05, 4.69) is 18.4 Å². The van der Waals surface area contributed by atoms with Crippen LogP contribution in [-0.4, -0.2) is 39.9 Å². The summed E-state index contributed by atoms with van der Waals surface area (Å²) >= 11 is 9.54. The van der Waals surface area contributed by atoms with Gasteiger partial charge in [0.05, 0.1) is 12.8 Å². The Labute approximate surface area is 197 Å². The Balaban J connectivity index is 1.99. The Morgan fingerprint density at radius 1 is 1.16 bits per heavy atom. The van der Waals surface area contributed by atoms with E-state index in [1.807, 2.05) is 25.1 Å². The van der Waals surface area contributed by atoms with Crippen molar-refractivity contribution in [3.63, 3.8) is 0 Å². The van der Waals surface area contributed by atoms with Gasteiger partial charge in [-0.05, 0) is 26.0 Å². The van der Waals surface area contributed by atoms with Crippen molar-refractivity contribution >= 4 is 72.9 Å². The highest BCUT2D eigenvalue weighted by atomic mass is 32.2. The number of thiazole rings is 1. The summed E-state index contributed by atoms with van der Waals surface area (Å²) in [7, 11) is 1.64. The highest BCUT2D eigenvalue weighted by Gasteiger charge is 2.33. The number of nitrogens with zero attached hydrogens (tertiary/aromatic N) is 3. The van der Waals surface area contributed by atoms with Crippen LogP contribution in [0.15, 0.2) is 40.5 Å². The zero-order valence-electron chi connectivity index (χ0n) is 17.3. The third-order valence-electron chi connectivity index (χ3n) is 4.97. The third kappa shape index (κ3) is 3.65. The van der Waals surface area contributed by atoms with Crippen LogP contribution in [0.2, 0.25) is 0 Å². The molecule has 1 fully saturated rings. The minimum Gasteiger partial charge on any atom is -0.497 e. The fourth-order valence-electron chi connectivity index (χ4n) is 3.48. The lowest BCUT2D eigenvalue weighted by molar-refractivity contribution is -0.120. The number of hydrogen-bond donors (Lipinski definition) is 0. The van der Waals surface area contributed by atoms with Gasteiger partial charge in [-0.1, -0.05) is 41.8 Å². The molecule has 2 aromatic rings. The van der Waals surface area contributed by atoms with Crippen LogP contribution in [0.4, 0.5) is 5.69 Å². The second kappa shape index (κ2) is 8.85. The Kier molecular flexibility index (Phi) is 6.34. The average Bonchev–Trinajstić information content (AvgIpc) is 3.38. The van der Waals surface area contributed by atoms with Gasteiger partial charge in [-0.2, -0.15) is 0 Å². The number of benzene rings is 1. The maximum absolute atomic E-state index is 13.5. The van der Waals surface area contributed by atoms with Crippen LogP contribution < -0.4 is 24.4 Å². The van der Waals surface area contributed by atoms with E-state index in [9.17, 15) is 9.59 Å². The van der Waals surface area contributed by atoms with Crippen LogP contribution in [0.25, 0.3) is 9.93 Å². The van der Waals surface area contributed by atoms with Crippen molar-refractivity contribution < 1.29 is 9.53 Å². The van der Waals surface area contributed by atoms with E-state index in [0.717, 1.165) is 21.4 Å². The lowest BCUT2D eigenvalue weighted by atomic mass is 10.2. The molecule has 31 heavy (non-hydrogen) atoms. The molecule has 0 atom stereocenters. The fourth-order valence-corrected chi connectivity index (χ4v) is 7.51. The lowest BCUT2D eigenvalue weighted by Crippen LogP contribution is -2.35. The highest BCUT2D eigenvalue weighted by Crippen LogP contribution is 2.47. The van der Waals surface area contributed by atoms with Crippen molar-refractivity contribution in [3.05, 3.63) is 50.4 Å². The fraction of sp³-hybridized carbons (Fsp3) is 0.286. The van der Waals surface area contributed by atoms with Gasteiger partial charge < -0.3 is 9.64 Å². The number of hydrogen-bond acceptors (Lipinski definition) is 8. The summed E-state index contributed by atoms with van der Waals surface area (Å²) in [6.07, 6.45) is 1.67. The van der Waals surface area contributed by atoms with Gasteiger partial charge in [0.15, 0.2) is 0 Å². The maximum Gasteiger partial charge on any atom is 0.272 e. The first-order valence-corrected chi connectivity index (χ1v) is 12.6. The van der Waals surface area contributed by atoms with Gasteiger partial charge in [-0.15, -0.1) is 17.9 Å². The van der Waals surface area contributed by atoms with Crippen LogP contribution in [0.3, 0.4) is 0 Å². The maximum atomic E-state index is 13.5. The molecule has 6 nitrogen and oxygen atoms in total. The Morgan fingerprint density at radius 3 is 2.52 bits per heavy atom. The first-order chi connectivity index (χ1) is 14.9. The summed E-state index contributed by atoms with van der Waals surface area (Å²) in [5.41, 5.74) is 0.895. The molecule has 3 heterocycles. The molecule has 2 aliphatic rings. The Morgan fingerprint density at radius 2 is 1.90 bits per heavy atom. The molecule has 0 unspecified atom stereocenters. The highest BCUT2D eigenvalue weighted by molar-refractivity contribution is 8.30. The molecule has 1 amide bonds. The number of rotatable bonds is 5. The molecule has 2 aliphatic heterocycles. The van der Waals surface area contributed by atoms with E-state index in [1.54, 1.807) is 34.4 Å². The quantitative estimate of drug-likeness (QED) is 0.471. The SMILES string of the molecule is C=CCn1c(=O)/c(=C2/Sc3ccc(OC)cc3N2CC)s/c1=C1\SC(=S)N(CC)C1=O. The van der Waals surface area contributed by atoms with Gasteiger partial charge in [-0.3, -0.25) is 19.1 Å². The third-order valence-corrected chi connectivity index (χ3v) is 9.04. The van der Waals surface area contributed by atoms with Crippen LogP contribution >= 0.6 is 47.1 Å². The van der Waals surface area contributed by atoms with Crippen molar-refractivity contribution in [1.29, 1.82) is 0 Å². The zero-order chi connectivity index (χ0) is 22.3. The topological polar surface area (TPSA) is 54.8 Å². The van der Waals surface area contributed by atoms with E-state index < -0.39 is 0 Å². The van der Waals surface area contributed by atoms with Gasteiger partial charge in [0.1, 0.15) is 29.2 Å². The number of carbonyl (C=O) groups excluding carboxylic acids is 1. The van der Waals surface area contributed by atoms with Crippen molar-refractivity contribution in [2.24, 2.45) is 0 Å². The summed E-state index contributed by atoms with van der Waals surface area (Å²) in [6, 6.07) is 5.91. The van der Waals surface area contributed by atoms with Crippen LogP contribution in [0, 0.1) is 0 Å². The van der Waals surface area contributed by atoms with E-state index in [1.165, 1.54) is 23.1 Å². The molecule has 0 radical (unpaired) electrons. The normalized spacial score (nSPS) is 19.3. The number of carbonyl (C=O) groups is 1. The predicted molar refractivity (Wildman–Crippen MR) is 134 cm³/mol. The molecule has 4 rings (SSSR count). The largest absolute Gasteiger partial charge is 0.497 e. The smallest absolute Gasteiger partial charge is 0.272 e. The van der Waals surface area contributed by atoms with Crippen molar-refractivity contribution in [1.82, 2.24) is 9.47 Å². The number of methoxy groups -OCH3 is 1. The van der Waals surface area contributed by atoms with E-state index >= 15 is 0 Å². The summed E-state index contributed by atoms with van der Waals surface area (Å²) in [4.78, 5) is 31.6. The summed E-state index contributed by atoms with van der Waals surface area (Å²) < 4.78 is 8.77. The number of allylic oxidation sites excluding steroid dienone is 1. The standard InChI is InChI=1S/C21H21N3O3S4/c1-5-10-24-18(26)15(30-20(24)16-17(25)23(7-3)21(28)31-16)19-22(6-2)13-11-12(27-4)8-9-14(13)29-19/h5,8-9,11H,1,6-7,10H2,2-4H3/b19-15-,20-16-. The number of aromatic nitrogens is 1. The van der Waals surface area contributed by atoms with E-state index in [-0.39, 0.29) is 11.5 Å². The van der Waals surface area contributed by atoms with Crippen molar-refractivity contribution in [2.45, 2.75) is 25.3 Å². The number of amides is 1. The summed E-state index contributed by atoms with van der Waals surface area (Å²) in [6.45, 7) is 9.26. The summed E-state index contributed by atoms with van der Waals surface area (Å²) in [5.74, 6) is 0.624. The zero-order valence-corrected chi connectivity index (χ0v) is 20.6. The number of thiocarbonyl (C=S) groups is 1. The molecule has 10 heteroatoms. The number of fused-ring (bicyclic) bond motifs is 1. The van der Waals surface area contributed by atoms with Crippen LogP contribution in [0.1, 0.15) is 13.8 Å². The molecule has 1 aromatic heterocycles. The molecule has 0 saturated carbocycles. The van der Waals surface area contributed by atoms with Gasteiger partial charge in [0, 0.05) is 30.6 Å². The second-order valence-electron chi connectivity index (χ2n) is 6.67. The Hall–Kier alpha value is -2.01. The number of ether oxygens (including phenoxy) is 1. The molecule has 162 valence electrons. The average molecular weight is 492 g/mol. The van der Waals surface area contributed by atoms with Gasteiger partial charge in [-0.25, -0.2) is 0 Å². The molecule has 0 aliphatic carbocycles.